The second-order valence-corrected chi connectivity index (χ2v) is 11.7. The third-order valence-electron chi connectivity index (χ3n) is 9.78. The summed E-state index contributed by atoms with van der Waals surface area (Å²) in [4.78, 5) is 13.2. The summed E-state index contributed by atoms with van der Waals surface area (Å²) in [7, 11) is 1.99. The highest BCUT2D eigenvalue weighted by atomic mass is 16.5. The van der Waals surface area contributed by atoms with Crippen LogP contribution in [-0.4, -0.2) is 21.7 Å². The van der Waals surface area contributed by atoms with Crippen molar-refractivity contribution in [3.8, 4) is 5.75 Å². The number of hydrogen-bond donors (Lipinski definition) is 2. The van der Waals surface area contributed by atoms with Gasteiger partial charge < -0.3 is 19.7 Å². The molecule has 0 radical (unpaired) electrons. The van der Waals surface area contributed by atoms with Crippen molar-refractivity contribution in [2.75, 3.05) is 0 Å². The first-order valence-electron chi connectivity index (χ1n) is 13.8. The van der Waals surface area contributed by atoms with Gasteiger partial charge >= 0.3 is 0 Å². The number of carbonyl (C=O) groups is 1. The molecule has 2 aromatic carbocycles. The van der Waals surface area contributed by atoms with Gasteiger partial charge in [0, 0.05) is 18.9 Å². The Kier molecular flexibility index (Phi) is 6.36. The Hall–Kier alpha value is -3.05. The molecule has 1 aromatic heterocycles. The molecule has 3 aliphatic rings. The zero-order chi connectivity index (χ0) is 25.6. The summed E-state index contributed by atoms with van der Waals surface area (Å²) in [6.07, 6.45) is 6.38. The summed E-state index contributed by atoms with van der Waals surface area (Å²) in [5.74, 6) is 1.99. The van der Waals surface area contributed by atoms with E-state index >= 15 is 0 Å². The highest BCUT2D eigenvalue weighted by Crippen LogP contribution is 2.62. The Bertz CT molecular complexity index is 1270. The SMILES string of the molecule is Cn1cccc1CNC(=O)C1CC2C3CCc4cc(OCc5ccccc5)ccc4C3CCC2(C)C1O. The molecule has 2 fully saturated rings. The van der Waals surface area contributed by atoms with Gasteiger partial charge in [-0.15, -0.1) is 0 Å². The smallest absolute Gasteiger partial charge is 0.226 e. The highest BCUT2D eigenvalue weighted by Gasteiger charge is 2.59. The molecule has 5 nitrogen and oxygen atoms in total. The lowest BCUT2D eigenvalue weighted by molar-refractivity contribution is -0.129. The number of amides is 1. The van der Waals surface area contributed by atoms with Crippen LogP contribution in [0.3, 0.4) is 0 Å². The number of carbonyl (C=O) groups excluding carboxylic acids is 1. The summed E-state index contributed by atoms with van der Waals surface area (Å²) in [6, 6.07) is 20.9. The minimum Gasteiger partial charge on any atom is -0.489 e. The Labute approximate surface area is 219 Å². The molecular weight excluding hydrogens is 460 g/mol. The molecule has 0 saturated heterocycles. The van der Waals surface area contributed by atoms with Crippen molar-refractivity contribution in [1.29, 1.82) is 0 Å². The van der Waals surface area contributed by atoms with Crippen LogP contribution in [0.1, 0.15) is 60.9 Å². The van der Waals surface area contributed by atoms with E-state index in [0.717, 1.165) is 43.5 Å². The molecule has 0 aliphatic heterocycles. The third-order valence-corrected chi connectivity index (χ3v) is 9.78. The second kappa shape index (κ2) is 9.68. The highest BCUT2D eigenvalue weighted by molar-refractivity contribution is 5.80. The van der Waals surface area contributed by atoms with Crippen molar-refractivity contribution in [1.82, 2.24) is 9.88 Å². The van der Waals surface area contributed by atoms with Crippen molar-refractivity contribution in [3.63, 3.8) is 0 Å². The molecule has 0 bridgehead atoms. The van der Waals surface area contributed by atoms with Crippen LogP contribution in [0.5, 0.6) is 5.75 Å². The molecule has 5 heteroatoms. The van der Waals surface area contributed by atoms with Crippen molar-refractivity contribution in [3.05, 3.63) is 89.2 Å². The predicted molar refractivity (Wildman–Crippen MR) is 144 cm³/mol. The van der Waals surface area contributed by atoms with Crippen LogP contribution in [0.25, 0.3) is 0 Å². The number of nitrogens with one attached hydrogen (secondary N) is 1. The maximum absolute atomic E-state index is 13.2. The molecule has 0 spiro atoms. The first kappa shape index (κ1) is 24.3. The quantitative estimate of drug-likeness (QED) is 0.481. The number of aliphatic hydroxyl groups is 1. The number of aryl methyl sites for hydroxylation is 2. The molecular formula is C32H38N2O3. The standard InChI is InChI=1S/C32H38N2O3/c1-32-15-14-26-25-13-11-24(37-20-21-7-4-3-5-8-21)17-22(25)10-12-27(26)29(32)18-28(30(32)35)31(36)33-19-23-9-6-16-34(23)2/h3-9,11,13,16-17,26-30,35H,10,12,14-15,18-20H2,1-2H3,(H,33,36). The molecule has 3 aromatic rings. The Morgan fingerprint density at radius 2 is 1.97 bits per heavy atom. The second-order valence-electron chi connectivity index (χ2n) is 11.7. The largest absolute Gasteiger partial charge is 0.489 e. The summed E-state index contributed by atoms with van der Waals surface area (Å²) >= 11 is 0. The maximum Gasteiger partial charge on any atom is 0.226 e. The topological polar surface area (TPSA) is 63.5 Å². The lowest BCUT2D eigenvalue weighted by Crippen LogP contribution is -2.45. The zero-order valence-electron chi connectivity index (χ0n) is 21.9. The van der Waals surface area contributed by atoms with E-state index in [9.17, 15) is 9.90 Å². The molecule has 2 N–H and O–H groups in total. The normalized spacial score (nSPS) is 30.2. The fourth-order valence-corrected chi connectivity index (χ4v) is 7.65. The van der Waals surface area contributed by atoms with E-state index in [2.05, 4.69) is 42.6 Å². The molecule has 6 unspecified atom stereocenters. The number of nitrogens with zero attached hydrogens (tertiary/aromatic N) is 1. The molecule has 1 heterocycles. The number of aromatic nitrogens is 1. The van der Waals surface area contributed by atoms with Gasteiger partial charge in [0.15, 0.2) is 0 Å². The van der Waals surface area contributed by atoms with Gasteiger partial charge in [0.2, 0.25) is 5.91 Å². The van der Waals surface area contributed by atoms with Crippen molar-refractivity contribution >= 4 is 5.91 Å². The number of benzene rings is 2. The average Bonchev–Trinajstić information content (AvgIpc) is 3.45. The Morgan fingerprint density at radius 1 is 1.14 bits per heavy atom. The molecule has 3 aliphatic carbocycles. The molecule has 1 amide bonds. The van der Waals surface area contributed by atoms with Gasteiger partial charge in [-0.3, -0.25) is 4.79 Å². The lowest BCUT2D eigenvalue weighted by Gasteiger charge is -2.50. The number of ether oxygens (including phenoxy) is 1. The van der Waals surface area contributed by atoms with E-state index in [1.165, 1.54) is 16.7 Å². The molecule has 6 rings (SSSR count). The minimum absolute atomic E-state index is 0.00251. The Morgan fingerprint density at radius 3 is 2.76 bits per heavy atom. The van der Waals surface area contributed by atoms with Crippen LogP contribution < -0.4 is 10.1 Å². The lowest BCUT2D eigenvalue weighted by atomic mass is 9.55. The summed E-state index contributed by atoms with van der Waals surface area (Å²) in [5, 5.41) is 14.5. The van der Waals surface area contributed by atoms with Crippen LogP contribution in [0.4, 0.5) is 0 Å². The van der Waals surface area contributed by atoms with Crippen molar-refractivity contribution in [2.24, 2.45) is 30.2 Å². The van der Waals surface area contributed by atoms with Gasteiger partial charge in [-0.2, -0.15) is 0 Å². The molecule has 2 saturated carbocycles. The number of aliphatic hydroxyl groups excluding tert-OH is 1. The summed E-state index contributed by atoms with van der Waals surface area (Å²) in [5.41, 5.74) is 4.92. The van der Waals surface area contributed by atoms with E-state index in [-0.39, 0.29) is 17.2 Å². The van der Waals surface area contributed by atoms with E-state index in [1.54, 1.807) is 0 Å². The van der Waals surface area contributed by atoms with Gasteiger partial charge in [0.25, 0.3) is 0 Å². The minimum atomic E-state index is -0.581. The summed E-state index contributed by atoms with van der Waals surface area (Å²) in [6.45, 7) is 3.32. The van der Waals surface area contributed by atoms with Crippen LogP contribution in [0.15, 0.2) is 66.9 Å². The average molecular weight is 499 g/mol. The zero-order valence-corrected chi connectivity index (χ0v) is 21.9. The van der Waals surface area contributed by atoms with E-state index in [0.29, 0.717) is 30.9 Å². The van der Waals surface area contributed by atoms with Gasteiger partial charge in [0.05, 0.1) is 18.6 Å². The van der Waals surface area contributed by atoms with Gasteiger partial charge in [-0.05, 0) is 96.2 Å². The Balaban J connectivity index is 1.15. The van der Waals surface area contributed by atoms with Crippen LogP contribution in [0, 0.1) is 23.2 Å². The van der Waals surface area contributed by atoms with Crippen molar-refractivity contribution < 1.29 is 14.6 Å². The van der Waals surface area contributed by atoms with Crippen LogP contribution >= 0.6 is 0 Å². The fraction of sp³-hybridized carbons (Fsp3) is 0.469. The number of rotatable bonds is 6. The molecule has 6 atom stereocenters. The van der Waals surface area contributed by atoms with E-state index < -0.39 is 6.10 Å². The van der Waals surface area contributed by atoms with E-state index in [1.807, 2.05) is 48.1 Å². The maximum atomic E-state index is 13.2. The van der Waals surface area contributed by atoms with Crippen molar-refractivity contribution in [2.45, 2.75) is 64.2 Å². The molecule has 194 valence electrons. The first-order chi connectivity index (χ1) is 17.9. The summed E-state index contributed by atoms with van der Waals surface area (Å²) < 4.78 is 8.13. The first-order valence-corrected chi connectivity index (χ1v) is 13.8. The van der Waals surface area contributed by atoms with Gasteiger partial charge in [-0.25, -0.2) is 0 Å². The monoisotopic (exact) mass is 498 g/mol. The molecule has 37 heavy (non-hydrogen) atoms. The number of fused-ring (bicyclic) bond motifs is 5. The predicted octanol–water partition coefficient (Wildman–Crippen LogP) is 5.36. The van der Waals surface area contributed by atoms with Gasteiger partial charge in [-0.1, -0.05) is 43.3 Å². The van der Waals surface area contributed by atoms with Crippen LogP contribution in [-0.2, 0) is 31.4 Å². The van der Waals surface area contributed by atoms with Gasteiger partial charge in [0.1, 0.15) is 12.4 Å². The third kappa shape index (κ3) is 4.37. The van der Waals surface area contributed by atoms with E-state index in [4.69, 9.17) is 4.74 Å². The number of hydrogen-bond acceptors (Lipinski definition) is 3. The fourth-order valence-electron chi connectivity index (χ4n) is 7.65. The van der Waals surface area contributed by atoms with Crippen LogP contribution in [0.2, 0.25) is 0 Å².